The second-order valence-corrected chi connectivity index (χ2v) is 5.69. The number of amides is 1. The van der Waals surface area contributed by atoms with E-state index < -0.39 is 16.6 Å². The molecular weight excluding hydrogens is 277 g/mol. The van der Waals surface area contributed by atoms with Gasteiger partial charge in [0, 0.05) is 19.2 Å². The molecule has 7 heteroatoms. The number of hydrogen-bond donors (Lipinski definition) is 2. The van der Waals surface area contributed by atoms with Crippen LogP contribution in [0.4, 0.5) is 10.1 Å². The quantitative estimate of drug-likeness (QED) is 0.656. The van der Waals surface area contributed by atoms with Gasteiger partial charge >= 0.3 is 0 Å². The number of nitro groups is 1. The van der Waals surface area contributed by atoms with Crippen LogP contribution in [0.25, 0.3) is 0 Å². The molecule has 1 atom stereocenters. The van der Waals surface area contributed by atoms with Crippen molar-refractivity contribution in [2.24, 2.45) is 5.41 Å². The van der Waals surface area contributed by atoms with Gasteiger partial charge in [-0.2, -0.15) is 0 Å². The molecule has 1 amide bonds. The number of carbonyl (C=O) groups excluding carboxylic acids is 1. The molecule has 1 aromatic rings. The summed E-state index contributed by atoms with van der Waals surface area (Å²) < 4.78 is 13.7. The first-order chi connectivity index (χ1) is 9.91. The lowest BCUT2D eigenvalue weighted by atomic mass is 9.83. The van der Waals surface area contributed by atoms with E-state index in [2.05, 4.69) is 17.6 Å². The van der Waals surface area contributed by atoms with Crippen LogP contribution in [-0.2, 0) is 0 Å². The van der Waals surface area contributed by atoms with Gasteiger partial charge in [-0.1, -0.05) is 6.92 Å². The fourth-order valence-corrected chi connectivity index (χ4v) is 2.46. The maximum atomic E-state index is 13.7. The number of nitro benzene ring substituents is 1. The number of piperidine rings is 1. The molecule has 1 aliphatic rings. The maximum absolute atomic E-state index is 13.7. The Morgan fingerprint density at radius 2 is 2.33 bits per heavy atom. The van der Waals surface area contributed by atoms with Gasteiger partial charge in [-0.05, 0) is 30.9 Å². The van der Waals surface area contributed by atoms with Gasteiger partial charge in [-0.25, -0.2) is 4.39 Å². The molecule has 0 radical (unpaired) electrons. The Morgan fingerprint density at radius 3 is 2.90 bits per heavy atom. The van der Waals surface area contributed by atoms with Gasteiger partial charge in [-0.3, -0.25) is 14.9 Å². The Labute approximate surface area is 121 Å². The predicted molar refractivity (Wildman–Crippen MR) is 75.6 cm³/mol. The van der Waals surface area contributed by atoms with E-state index in [4.69, 9.17) is 0 Å². The minimum atomic E-state index is -0.881. The van der Waals surface area contributed by atoms with Crippen molar-refractivity contribution in [3.8, 4) is 0 Å². The first-order valence-electron chi connectivity index (χ1n) is 6.84. The van der Waals surface area contributed by atoms with Crippen LogP contribution in [-0.4, -0.2) is 30.5 Å². The third-order valence-corrected chi connectivity index (χ3v) is 3.77. The number of rotatable bonds is 4. The van der Waals surface area contributed by atoms with E-state index in [0.29, 0.717) is 6.54 Å². The summed E-state index contributed by atoms with van der Waals surface area (Å²) in [6, 6.07) is 3.03. The van der Waals surface area contributed by atoms with Crippen LogP contribution < -0.4 is 10.6 Å². The zero-order valence-electron chi connectivity index (χ0n) is 11.8. The minimum Gasteiger partial charge on any atom is -0.351 e. The SMILES string of the molecule is CC1(CNC(=O)c2ccc([N+](=O)[O-])cc2F)CCCNC1. The molecule has 0 saturated carbocycles. The Morgan fingerprint density at radius 1 is 1.57 bits per heavy atom. The molecule has 2 rings (SSSR count). The first kappa shape index (κ1) is 15.4. The number of non-ortho nitro benzene ring substituents is 1. The summed E-state index contributed by atoms with van der Waals surface area (Å²) in [7, 11) is 0. The number of halogens is 1. The highest BCUT2D eigenvalue weighted by atomic mass is 19.1. The standard InChI is InChI=1S/C14H18FN3O3/c1-14(5-2-6-16-8-14)9-17-13(19)11-4-3-10(18(20)21)7-12(11)15/h3-4,7,16H,2,5-6,8-9H2,1H3,(H,17,19). The highest BCUT2D eigenvalue weighted by Crippen LogP contribution is 2.24. The average Bonchev–Trinajstić information content (AvgIpc) is 2.45. The molecule has 0 aliphatic carbocycles. The summed E-state index contributed by atoms with van der Waals surface area (Å²) in [5.74, 6) is -1.43. The number of benzene rings is 1. The smallest absolute Gasteiger partial charge is 0.272 e. The molecule has 0 aromatic heterocycles. The van der Waals surface area contributed by atoms with Crippen molar-refractivity contribution in [1.29, 1.82) is 0 Å². The molecule has 1 aromatic carbocycles. The zero-order chi connectivity index (χ0) is 15.5. The van der Waals surface area contributed by atoms with Crippen LogP contribution in [0.15, 0.2) is 18.2 Å². The van der Waals surface area contributed by atoms with Crippen molar-refractivity contribution in [1.82, 2.24) is 10.6 Å². The summed E-state index contributed by atoms with van der Waals surface area (Å²) in [5, 5.41) is 16.5. The van der Waals surface area contributed by atoms with Crippen LogP contribution in [0.3, 0.4) is 0 Å². The largest absolute Gasteiger partial charge is 0.351 e. The van der Waals surface area contributed by atoms with Gasteiger partial charge in [0.2, 0.25) is 0 Å². The molecular formula is C14H18FN3O3. The molecule has 1 fully saturated rings. The van der Waals surface area contributed by atoms with Crippen LogP contribution in [0.2, 0.25) is 0 Å². The van der Waals surface area contributed by atoms with Gasteiger partial charge in [-0.15, -0.1) is 0 Å². The van der Waals surface area contributed by atoms with Crippen molar-refractivity contribution < 1.29 is 14.1 Å². The molecule has 1 unspecified atom stereocenters. The van der Waals surface area contributed by atoms with E-state index in [1.54, 1.807) is 0 Å². The summed E-state index contributed by atoms with van der Waals surface area (Å²) in [6.45, 7) is 4.28. The van der Waals surface area contributed by atoms with E-state index in [1.807, 2.05) is 0 Å². The fourth-order valence-electron chi connectivity index (χ4n) is 2.46. The van der Waals surface area contributed by atoms with Crippen molar-refractivity contribution in [2.45, 2.75) is 19.8 Å². The molecule has 114 valence electrons. The fraction of sp³-hybridized carbons (Fsp3) is 0.500. The highest BCUT2D eigenvalue weighted by Gasteiger charge is 2.27. The Kier molecular flexibility index (Phi) is 4.52. The zero-order valence-corrected chi connectivity index (χ0v) is 11.8. The van der Waals surface area contributed by atoms with Gasteiger partial charge in [0.25, 0.3) is 11.6 Å². The van der Waals surface area contributed by atoms with Crippen molar-refractivity contribution in [2.75, 3.05) is 19.6 Å². The van der Waals surface area contributed by atoms with Crippen LogP contribution in [0, 0.1) is 21.3 Å². The third kappa shape index (κ3) is 3.75. The van der Waals surface area contributed by atoms with E-state index in [1.165, 1.54) is 0 Å². The van der Waals surface area contributed by atoms with Gasteiger partial charge < -0.3 is 10.6 Å². The molecule has 0 bridgehead atoms. The second kappa shape index (κ2) is 6.17. The normalized spacial score (nSPS) is 21.8. The number of nitrogens with zero attached hydrogens (tertiary/aromatic N) is 1. The van der Waals surface area contributed by atoms with E-state index in [0.717, 1.165) is 44.1 Å². The third-order valence-electron chi connectivity index (χ3n) is 3.77. The van der Waals surface area contributed by atoms with Crippen molar-refractivity contribution in [3.05, 3.63) is 39.7 Å². The molecule has 2 N–H and O–H groups in total. The second-order valence-electron chi connectivity index (χ2n) is 5.69. The topological polar surface area (TPSA) is 84.3 Å². The summed E-state index contributed by atoms with van der Waals surface area (Å²) >= 11 is 0. The minimum absolute atomic E-state index is 0.0504. The van der Waals surface area contributed by atoms with Crippen LogP contribution in [0.5, 0.6) is 0 Å². The lowest BCUT2D eigenvalue weighted by molar-refractivity contribution is -0.385. The first-order valence-corrected chi connectivity index (χ1v) is 6.84. The molecule has 0 spiro atoms. The highest BCUT2D eigenvalue weighted by molar-refractivity contribution is 5.94. The van der Waals surface area contributed by atoms with Crippen molar-refractivity contribution in [3.63, 3.8) is 0 Å². The lowest BCUT2D eigenvalue weighted by Crippen LogP contribution is -2.45. The molecule has 6 nitrogen and oxygen atoms in total. The Hall–Kier alpha value is -2.02. The van der Waals surface area contributed by atoms with E-state index >= 15 is 0 Å². The summed E-state index contributed by atoms with van der Waals surface area (Å²) in [4.78, 5) is 21.8. The Bertz CT molecular complexity index is 556. The van der Waals surface area contributed by atoms with Crippen molar-refractivity contribution >= 4 is 11.6 Å². The number of nitrogens with one attached hydrogen (secondary N) is 2. The number of hydrogen-bond acceptors (Lipinski definition) is 4. The molecule has 1 heterocycles. The van der Waals surface area contributed by atoms with E-state index in [9.17, 15) is 19.3 Å². The maximum Gasteiger partial charge on any atom is 0.272 e. The number of carbonyl (C=O) groups is 1. The predicted octanol–water partition coefficient (Wildman–Crippen LogP) is 1.85. The average molecular weight is 295 g/mol. The van der Waals surface area contributed by atoms with Gasteiger partial charge in [0.05, 0.1) is 16.6 Å². The lowest BCUT2D eigenvalue weighted by Gasteiger charge is -2.34. The monoisotopic (exact) mass is 295 g/mol. The van der Waals surface area contributed by atoms with E-state index in [-0.39, 0.29) is 16.7 Å². The summed E-state index contributed by atoms with van der Waals surface area (Å²) in [5.41, 5.74) is -0.592. The van der Waals surface area contributed by atoms with Gasteiger partial charge in [0.1, 0.15) is 5.82 Å². The Balaban J connectivity index is 2.01. The molecule has 21 heavy (non-hydrogen) atoms. The van der Waals surface area contributed by atoms with Gasteiger partial charge in [0.15, 0.2) is 0 Å². The summed E-state index contributed by atoms with van der Waals surface area (Å²) in [6.07, 6.45) is 2.03. The van der Waals surface area contributed by atoms with Crippen LogP contribution >= 0.6 is 0 Å². The molecule has 1 saturated heterocycles. The van der Waals surface area contributed by atoms with Crippen LogP contribution in [0.1, 0.15) is 30.1 Å². The molecule has 1 aliphatic heterocycles.